The zero-order chi connectivity index (χ0) is 12.2. The molecular formula is C14H30N2. The van der Waals surface area contributed by atoms with Gasteiger partial charge in [-0.2, -0.15) is 0 Å². The van der Waals surface area contributed by atoms with E-state index >= 15 is 0 Å². The summed E-state index contributed by atoms with van der Waals surface area (Å²) >= 11 is 0. The summed E-state index contributed by atoms with van der Waals surface area (Å²) in [5, 5.41) is 0. The Bertz CT molecular complexity index is 201. The Balaban J connectivity index is 2.85. The first-order valence-electron chi connectivity index (χ1n) is 7.09. The summed E-state index contributed by atoms with van der Waals surface area (Å²) < 4.78 is 0. The van der Waals surface area contributed by atoms with Gasteiger partial charge < -0.3 is 5.73 Å². The van der Waals surface area contributed by atoms with Gasteiger partial charge in [-0.25, -0.2) is 0 Å². The average molecular weight is 226 g/mol. The van der Waals surface area contributed by atoms with Gasteiger partial charge in [0.15, 0.2) is 0 Å². The molecule has 0 amide bonds. The van der Waals surface area contributed by atoms with Crippen molar-refractivity contribution in [1.82, 2.24) is 4.90 Å². The van der Waals surface area contributed by atoms with E-state index in [1.165, 1.54) is 38.5 Å². The highest BCUT2D eigenvalue weighted by Crippen LogP contribution is 2.42. The van der Waals surface area contributed by atoms with Gasteiger partial charge in [-0.3, -0.25) is 4.90 Å². The van der Waals surface area contributed by atoms with Crippen LogP contribution in [0.4, 0.5) is 0 Å². The Hall–Kier alpha value is -0.0800. The fourth-order valence-corrected chi connectivity index (χ4v) is 3.79. The quantitative estimate of drug-likeness (QED) is 0.754. The van der Waals surface area contributed by atoms with Crippen LogP contribution in [0.25, 0.3) is 0 Å². The average Bonchev–Trinajstić information content (AvgIpc) is 2.74. The summed E-state index contributed by atoms with van der Waals surface area (Å²) in [6, 6.07) is 0.704. The topological polar surface area (TPSA) is 29.3 Å². The van der Waals surface area contributed by atoms with E-state index in [0.717, 1.165) is 12.5 Å². The predicted molar refractivity (Wildman–Crippen MR) is 71.6 cm³/mol. The fourth-order valence-electron chi connectivity index (χ4n) is 3.79. The Morgan fingerprint density at radius 1 is 1.31 bits per heavy atom. The molecule has 1 saturated carbocycles. The molecule has 1 rings (SSSR count). The summed E-state index contributed by atoms with van der Waals surface area (Å²) in [6.45, 7) is 7.75. The molecule has 0 aromatic carbocycles. The largest absolute Gasteiger partial charge is 0.329 e. The third-order valence-corrected chi connectivity index (χ3v) is 4.96. The third-order valence-electron chi connectivity index (χ3n) is 4.96. The second kappa shape index (κ2) is 6.02. The van der Waals surface area contributed by atoms with Crippen molar-refractivity contribution in [3.8, 4) is 0 Å². The zero-order valence-electron chi connectivity index (χ0n) is 11.6. The summed E-state index contributed by atoms with van der Waals surface area (Å²) in [7, 11) is 2.30. The van der Waals surface area contributed by atoms with Crippen LogP contribution >= 0.6 is 0 Å². The minimum Gasteiger partial charge on any atom is -0.329 e. The van der Waals surface area contributed by atoms with Crippen molar-refractivity contribution in [2.24, 2.45) is 11.7 Å². The minimum absolute atomic E-state index is 0.297. The number of rotatable bonds is 6. The second-order valence-electron chi connectivity index (χ2n) is 5.39. The van der Waals surface area contributed by atoms with E-state index < -0.39 is 0 Å². The van der Waals surface area contributed by atoms with Crippen LogP contribution in [0.2, 0.25) is 0 Å². The van der Waals surface area contributed by atoms with E-state index in [1.54, 1.807) is 0 Å². The molecule has 2 N–H and O–H groups in total. The van der Waals surface area contributed by atoms with E-state index in [0.29, 0.717) is 11.6 Å². The van der Waals surface area contributed by atoms with Crippen molar-refractivity contribution in [3.63, 3.8) is 0 Å². The molecule has 0 radical (unpaired) electrons. The van der Waals surface area contributed by atoms with Crippen LogP contribution in [0.15, 0.2) is 0 Å². The highest BCUT2D eigenvalue weighted by Gasteiger charge is 2.45. The van der Waals surface area contributed by atoms with Crippen LogP contribution in [-0.2, 0) is 0 Å². The molecule has 1 aliphatic carbocycles. The first-order valence-corrected chi connectivity index (χ1v) is 7.09. The SMILES string of the molecule is CCC(CC)N(C)C1(CN)CCCC1CC. The van der Waals surface area contributed by atoms with Gasteiger partial charge in [0.25, 0.3) is 0 Å². The van der Waals surface area contributed by atoms with E-state index in [1.807, 2.05) is 0 Å². The van der Waals surface area contributed by atoms with Crippen molar-refractivity contribution >= 4 is 0 Å². The number of nitrogens with zero attached hydrogens (tertiary/aromatic N) is 1. The summed E-state index contributed by atoms with van der Waals surface area (Å²) in [5.41, 5.74) is 6.44. The normalized spacial score (nSPS) is 30.6. The first-order chi connectivity index (χ1) is 7.66. The van der Waals surface area contributed by atoms with Crippen LogP contribution in [0.1, 0.15) is 59.3 Å². The van der Waals surface area contributed by atoms with Gasteiger partial charge in [-0.05, 0) is 38.6 Å². The first kappa shape index (κ1) is 14.0. The van der Waals surface area contributed by atoms with E-state index in [9.17, 15) is 0 Å². The van der Waals surface area contributed by atoms with Gasteiger partial charge in [-0.1, -0.05) is 33.6 Å². The molecule has 0 bridgehead atoms. The molecule has 0 aromatic rings. The molecule has 2 nitrogen and oxygen atoms in total. The molecular weight excluding hydrogens is 196 g/mol. The molecule has 0 saturated heterocycles. The second-order valence-corrected chi connectivity index (χ2v) is 5.39. The predicted octanol–water partition coefficient (Wildman–Crippen LogP) is 3.01. The lowest BCUT2D eigenvalue weighted by molar-refractivity contribution is 0.0382. The lowest BCUT2D eigenvalue weighted by Gasteiger charge is -2.46. The van der Waals surface area contributed by atoms with Gasteiger partial charge in [-0.15, -0.1) is 0 Å². The third kappa shape index (κ3) is 2.28. The maximum Gasteiger partial charge on any atom is 0.0359 e. The molecule has 1 fully saturated rings. The van der Waals surface area contributed by atoms with E-state index in [2.05, 4.69) is 32.7 Å². The number of likely N-dealkylation sites (N-methyl/N-ethyl adjacent to an activating group) is 1. The summed E-state index contributed by atoms with van der Waals surface area (Å²) in [5.74, 6) is 0.808. The molecule has 0 heterocycles. The molecule has 0 aliphatic heterocycles. The molecule has 96 valence electrons. The van der Waals surface area contributed by atoms with Crippen molar-refractivity contribution in [3.05, 3.63) is 0 Å². The van der Waals surface area contributed by atoms with Crippen LogP contribution in [-0.4, -0.2) is 30.1 Å². The van der Waals surface area contributed by atoms with Gasteiger partial charge in [0.1, 0.15) is 0 Å². The zero-order valence-corrected chi connectivity index (χ0v) is 11.6. The monoisotopic (exact) mass is 226 g/mol. The van der Waals surface area contributed by atoms with Crippen LogP contribution in [0.5, 0.6) is 0 Å². The van der Waals surface area contributed by atoms with E-state index in [4.69, 9.17) is 5.73 Å². The molecule has 2 unspecified atom stereocenters. The molecule has 1 aliphatic rings. The standard InChI is InChI=1S/C14H30N2/c1-5-12-9-8-10-14(12,11-15)16(4)13(6-2)7-3/h12-13H,5-11,15H2,1-4H3. The Labute approximate surface area is 102 Å². The Morgan fingerprint density at radius 3 is 2.38 bits per heavy atom. The van der Waals surface area contributed by atoms with Crippen molar-refractivity contribution < 1.29 is 0 Å². The van der Waals surface area contributed by atoms with Gasteiger partial charge >= 0.3 is 0 Å². The molecule has 2 heteroatoms. The van der Waals surface area contributed by atoms with E-state index in [-0.39, 0.29) is 0 Å². The molecule has 2 atom stereocenters. The molecule has 0 aromatic heterocycles. The smallest absolute Gasteiger partial charge is 0.0359 e. The van der Waals surface area contributed by atoms with Crippen molar-refractivity contribution in [2.45, 2.75) is 70.9 Å². The Kier molecular flexibility index (Phi) is 5.26. The fraction of sp³-hybridized carbons (Fsp3) is 1.00. The maximum absolute atomic E-state index is 6.14. The maximum atomic E-state index is 6.14. The molecule has 16 heavy (non-hydrogen) atoms. The number of hydrogen-bond donors (Lipinski definition) is 1. The lowest BCUT2D eigenvalue weighted by atomic mass is 9.82. The van der Waals surface area contributed by atoms with Crippen molar-refractivity contribution in [2.75, 3.05) is 13.6 Å². The van der Waals surface area contributed by atoms with Gasteiger partial charge in [0.05, 0.1) is 0 Å². The summed E-state index contributed by atoms with van der Waals surface area (Å²) in [6.07, 6.45) is 7.80. The minimum atomic E-state index is 0.297. The molecule has 0 spiro atoms. The highest BCUT2D eigenvalue weighted by molar-refractivity contribution is 5.01. The number of nitrogens with two attached hydrogens (primary N) is 1. The van der Waals surface area contributed by atoms with Crippen LogP contribution < -0.4 is 5.73 Å². The van der Waals surface area contributed by atoms with Crippen LogP contribution in [0.3, 0.4) is 0 Å². The van der Waals surface area contributed by atoms with Crippen LogP contribution in [0, 0.1) is 5.92 Å². The van der Waals surface area contributed by atoms with Gasteiger partial charge in [0.2, 0.25) is 0 Å². The summed E-state index contributed by atoms with van der Waals surface area (Å²) in [4.78, 5) is 2.62. The Morgan fingerprint density at radius 2 is 1.94 bits per heavy atom. The number of hydrogen-bond acceptors (Lipinski definition) is 2. The lowest BCUT2D eigenvalue weighted by Crippen LogP contribution is -2.57. The van der Waals surface area contributed by atoms with Crippen molar-refractivity contribution in [1.29, 1.82) is 0 Å². The highest BCUT2D eigenvalue weighted by atomic mass is 15.2. The van der Waals surface area contributed by atoms with Gasteiger partial charge in [0, 0.05) is 18.1 Å².